The van der Waals surface area contributed by atoms with Gasteiger partial charge in [-0.15, -0.1) is 0 Å². The van der Waals surface area contributed by atoms with E-state index in [-0.39, 0.29) is 5.54 Å². The normalized spacial score (nSPS) is 26.7. The van der Waals surface area contributed by atoms with Crippen molar-refractivity contribution in [1.82, 2.24) is 9.88 Å². The summed E-state index contributed by atoms with van der Waals surface area (Å²) in [5.41, 5.74) is 6.35. The number of pyridine rings is 1. The standard InChI is InChI=1S/C16H25N3O/c1-12-5-4-7-16(11-12,19(2)3)14(20)9-13-6-8-18-15(17)10-13/h6,8,10,12H,4-5,7,9,11H2,1-3H3,(H2,17,18). The van der Waals surface area contributed by atoms with Crippen LogP contribution in [-0.2, 0) is 11.2 Å². The molecule has 0 aromatic carbocycles. The molecule has 1 fully saturated rings. The van der Waals surface area contributed by atoms with E-state index in [9.17, 15) is 4.79 Å². The molecule has 1 aromatic heterocycles. The Bertz CT molecular complexity index is 486. The summed E-state index contributed by atoms with van der Waals surface area (Å²) in [6.07, 6.45) is 6.39. The van der Waals surface area contributed by atoms with Gasteiger partial charge in [-0.1, -0.05) is 19.8 Å². The third kappa shape index (κ3) is 3.01. The Balaban J connectivity index is 2.19. The van der Waals surface area contributed by atoms with Crippen LogP contribution >= 0.6 is 0 Å². The van der Waals surface area contributed by atoms with Gasteiger partial charge in [0.15, 0.2) is 5.78 Å². The Morgan fingerprint density at radius 1 is 1.55 bits per heavy atom. The molecule has 110 valence electrons. The number of aromatic nitrogens is 1. The van der Waals surface area contributed by atoms with Crippen molar-refractivity contribution in [3.05, 3.63) is 23.9 Å². The molecule has 0 radical (unpaired) electrons. The second-order valence-electron chi connectivity index (χ2n) is 6.32. The first-order chi connectivity index (χ1) is 9.44. The van der Waals surface area contributed by atoms with Crippen LogP contribution in [0.4, 0.5) is 5.82 Å². The zero-order chi connectivity index (χ0) is 14.8. The maximum atomic E-state index is 12.9. The second kappa shape index (κ2) is 5.92. The molecule has 1 aliphatic carbocycles. The molecular weight excluding hydrogens is 250 g/mol. The van der Waals surface area contributed by atoms with Crippen molar-refractivity contribution >= 4 is 11.6 Å². The lowest BCUT2D eigenvalue weighted by molar-refractivity contribution is -0.132. The molecule has 0 amide bonds. The second-order valence-corrected chi connectivity index (χ2v) is 6.32. The summed E-state index contributed by atoms with van der Waals surface area (Å²) in [4.78, 5) is 19.0. The first-order valence-electron chi connectivity index (χ1n) is 7.35. The Morgan fingerprint density at radius 3 is 2.90 bits per heavy atom. The summed E-state index contributed by atoms with van der Waals surface area (Å²) in [6, 6.07) is 3.68. The molecule has 1 heterocycles. The van der Waals surface area contributed by atoms with Crippen LogP contribution in [0, 0.1) is 5.92 Å². The summed E-state index contributed by atoms with van der Waals surface area (Å²) >= 11 is 0. The Kier molecular flexibility index (Phi) is 4.43. The van der Waals surface area contributed by atoms with Gasteiger partial charge in [-0.2, -0.15) is 0 Å². The highest BCUT2D eigenvalue weighted by molar-refractivity contribution is 5.90. The molecule has 4 heteroatoms. The first kappa shape index (κ1) is 15.0. The number of hydrogen-bond donors (Lipinski definition) is 1. The van der Waals surface area contributed by atoms with Crippen LogP contribution < -0.4 is 5.73 Å². The predicted octanol–water partition coefficient (Wildman–Crippen LogP) is 2.29. The van der Waals surface area contributed by atoms with Gasteiger partial charge in [0.25, 0.3) is 0 Å². The van der Waals surface area contributed by atoms with E-state index in [0.29, 0.717) is 23.9 Å². The summed E-state index contributed by atoms with van der Waals surface area (Å²) in [5.74, 6) is 1.39. The molecule has 2 atom stereocenters. The molecule has 0 saturated heterocycles. The maximum absolute atomic E-state index is 12.9. The van der Waals surface area contributed by atoms with E-state index in [1.54, 1.807) is 12.3 Å². The molecule has 1 aromatic rings. The number of nitrogen functional groups attached to an aromatic ring is 1. The quantitative estimate of drug-likeness (QED) is 0.916. The number of anilines is 1. The van der Waals surface area contributed by atoms with Gasteiger partial charge in [-0.25, -0.2) is 4.98 Å². The molecule has 1 saturated carbocycles. The number of carbonyl (C=O) groups excluding carboxylic acids is 1. The number of carbonyl (C=O) groups is 1. The topological polar surface area (TPSA) is 59.2 Å². The number of likely N-dealkylation sites (N-methyl/N-ethyl adjacent to an activating group) is 1. The predicted molar refractivity (Wildman–Crippen MR) is 81.4 cm³/mol. The largest absolute Gasteiger partial charge is 0.384 e. The lowest BCUT2D eigenvalue weighted by Crippen LogP contribution is -2.54. The van der Waals surface area contributed by atoms with E-state index in [2.05, 4.69) is 16.8 Å². The Morgan fingerprint density at radius 2 is 2.30 bits per heavy atom. The lowest BCUT2D eigenvalue weighted by atomic mass is 9.72. The van der Waals surface area contributed by atoms with Crippen molar-refractivity contribution in [2.45, 2.75) is 44.6 Å². The minimum atomic E-state index is -0.310. The van der Waals surface area contributed by atoms with Crippen LogP contribution in [0.5, 0.6) is 0 Å². The Labute approximate surface area is 121 Å². The van der Waals surface area contributed by atoms with Crippen LogP contribution in [0.15, 0.2) is 18.3 Å². The van der Waals surface area contributed by atoms with Crippen LogP contribution in [0.3, 0.4) is 0 Å². The highest BCUT2D eigenvalue weighted by Crippen LogP contribution is 2.37. The molecule has 0 spiro atoms. The first-order valence-corrected chi connectivity index (χ1v) is 7.35. The Hall–Kier alpha value is -1.42. The zero-order valence-corrected chi connectivity index (χ0v) is 12.7. The minimum absolute atomic E-state index is 0.305. The molecule has 2 N–H and O–H groups in total. The SMILES string of the molecule is CC1CCCC(C(=O)Cc2ccnc(N)c2)(N(C)C)C1. The number of hydrogen-bond acceptors (Lipinski definition) is 4. The third-order valence-electron chi connectivity index (χ3n) is 4.56. The summed E-state index contributed by atoms with van der Waals surface area (Å²) in [5, 5.41) is 0. The van der Waals surface area contributed by atoms with E-state index in [4.69, 9.17) is 5.73 Å². The molecule has 2 unspecified atom stereocenters. The fraction of sp³-hybridized carbons (Fsp3) is 0.625. The monoisotopic (exact) mass is 275 g/mol. The maximum Gasteiger partial charge on any atom is 0.157 e. The van der Waals surface area contributed by atoms with Crippen LogP contribution in [0.25, 0.3) is 0 Å². The highest BCUT2D eigenvalue weighted by atomic mass is 16.1. The van der Waals surface area contributed by atoms with Crippen molar-refractivity contribution in [3.63, 3.8) is 0 Å². The van der Waals surface area contributed by atoms with Gasteiger partial charge in [-0.3, -0.25) is 9.69 Å². The number of rotatable bonds is 4. The van der Waals surface area contributed by atoms with Crippen molar-refractivity contribution in [3.8, 4) is 0 Å². The van der Waals surface area contributed by atoms with Crippen molar-refractivity contribution in [2.75, 3.05) is 19.8 Å². The van der Waals surface area contributed by atoms with Crippen LogP contribution in [0.2, 0.25) is 0 Å². The summed E-state index contributed by atoms with van der Waals surface area (Å²) < 4.78 is 0. The smallest absolute Gasteiger partial charge is 0.157 e. The number of nitrogens with zero attached hydrogens (tertiary/aromatic N) is 2. The zero-order valence-electron chi connectivity index (χ0n) is 12.7. The number of Topliss-reactive ketones (excluding diaryl/α,β-unsaturated/α-hetero) is 1. The fourth-order valence-corrected chi connectivity index (χ4v) is 3.39. The highest BCUT2D eigenvalue weighted by Gasteiger charge is 2.42. The van der Waals surface area contributed by atoms with E-state index < -0.39 is 0 Å². The van der Waals surface area contributed by atoms with E-state index in [0.717, 1.165) is 24.8 Å². The van der Waals surface area contributed by atoms with E-state index >= 15 is 0 Å². The fourth-order valence-electron chi connectivity index (χ4n) is 3.39. The van der Waals surface area contributed by atoms with Crippen molar-refractivity contribution < 1.29 is 4.79 Å². The molecule has 4 nitrogen and oxygen atoms in total. The van der Waals surface area contributed by atoms with E-state index in [1.807, 2.05) is 20.2 Å². The molecule has 0 bridgehead atoms. The van der Waals surface area contributed by atoms with Crippen LogP contribution in [0.1, 0.15) is 38.2 Å². The van der Waals surface area contributed by atoms with Gasteiger partial charge in [-0.05, 0) is 50.6 Å². The van der Waals surface area contributed by atoms with Gasteiger partial charge in [0.1, 0.15) is 5.82 Å². The van der Waals surface area contributed by atoms with Gasteiger partial charge in [0, 0.05) is 12.6 Å². The molecule has 0 aliphatic heterocycles. The van der Waals surface area contributed by atoms with Crippen molar-refractivity contribution in [2.24, 2.45) is 5.92 Å². The minimum Gasteiger partial charge on any atom is -0.384 e. The summed E-state index contributed by atoms with van der Waals surface area (Å²) in [6.45, 7) is 2.25. The van der Waals surface area contributed by atoms with Gasteiger partial charge >= 0.3 is 0 Å². The third-order valence-corrected chi connectivity index (χ3v) is 4.56. The molecule has 1 aliphatic rings. The van der Waals surface area contributed by atoms with Gasteiger partial charge in [0.05, 0.1) is 5.54 Å². The van der Waals surface area contributed by atoms with Gasteiger partial charge < -0.3 is 5.73 Å². The average molecular weight is 275 g/mol. The van der Waals surface area contributed by atoms with Crippen molar-refractivity contribution in [1.29, 1.82) is 0 Å². The van der Waals surface area contributed by atoms with Gasteiger partial charge in [0.2, 0.25) is 0 Å². The summed E-state index contributed by atoms with van der Waals surface area (Å²) in [7, 11) is 4.05. The average Bonchev–Trinajstić information content (AvgIpc) is 2.38. The number of ketones is 1. The van der Waals surface area contributed by atoms with E-state index in [1.165, 1.54) is 6.42 Å². The molecule has 20 heavy (non-hydrogen) atoms. The lowest BCUT2D eigenvalue weighted by Gasteiger charge is -2.44. The molecule has 2 rings (SSSR count). The number of nitrogens with two attached hydrogens (primary N) is 1. The van der Waals surface area contributed by atoms with Crippen LogP contribution in [-0.4, -0.2) is 35.3 Å². The molecular formula is C16H25N3O.